The molecule has 1 heterocycles. The van der Waals surface area contributed by atoms with Crippen LogP contribution in [0, 0.1) is 23.6 Å². The Morgan fingerprint density at radius 2 is 1.96 bits per heavy atom. The van der Waals surface area contributed by atoms with Gasteiger partial charge in [-0.25, -0.2) is 4.39 Å². The lowest BCUT2D eigenvalue weighted by Gasteiger charge is -2.45. The molecule has 4 rings (SSSR count). The van der Waals surface area contributed by atoms with Crippen LogP contribution in [0.5, 0.6) is 0 Å². The molecule has 3 fully saturated rings. The van der Waals surface area contributed by atoms with E-state index in [0.29, 0.717) is 31.5 Å². The van der Waals surface area contributed by atoms with Gasteiger partial charge in [-0.1, -0.05) is 18.6 Å². The summed E-state index contributed by atoms with van der Waals surface area (Å²) in [5.41, 5.74) is 7.16. The summed E-state index contributed by atoms with van der Waals surface area (Å²) >= 11 is 0. The molecule has 1 aliphatic heterocycles. The van der Waals surface area contributed by atoms with E-state index in [4.69, 9.17) is 10.5 Å². The standard InChI is InChI=1S/C20H27FN2O2.ClH/c21-17-6-2-3-13(11-17)18-12-23(7-8-25-18)20(24)16-9-14-4-1-5-15(10-16)19(14)22;/h2-3,6,11,14-16,18-19H,1,4-5,7-10,12,22H2;1H. The molecular formula is C20H28ClFN2O2. The number of ether oxygens (including phenoxy) is 1. The summed E-state index contributed by atoms with van der Waals surface area (Å²) in [6.07, 6.45) is 5.20. The molecule has 0 spiro atoms. The van der Waals surface area contributed by atoms with Crippen LogP contribution >= 0.6 is 12.4 Å². The Kier molecular flexibility index (Phi) is 6.21. The fourth-order valence-electron chi connectivity index (χ4n) is 5.01. The fourth-order valence-corrected chi connectivity index (χ4v) is 5.01. The van der Waals surface area contributed by atoms with Crippen LogP contribution in [0.2, 0.25) is 0 Å². The first-order valence-electron chi connectivity index (χ1n) is 9.53. The molecule has 4 nitrogen and oxygen atoms in total. The first kappa shape index (κ1) is 19.6. The van der Waals surface area contributed by atoms with Crippen LogP contribution in [0.25, 0.3) is 0 Å². The minimum Gasteiger partial charge on any atom is -0.370 e. The topological polar surface area (TPSA) is 55.6 Å². The van der Waals surface area contributed by atoms with Crippen LogP contribution < -0.4 is 5.73 Å². The van der Waals surface area contributed by atoms with Crippen LogP contribution in [-0.2, 0) is 9.53 Å². The van der Waals surface area contributed by atoms with Gasteiger partial charge >= 0.3 is 0 Å². The Morgan fingerprint density at radius 1 is 1.23 bits per heavy atom. The van der Waals surface area contributed by atoms with Gasteiger partial charge in [0.05, 0.1) is 13.2 Å². The predicted molar refractivity (Wildman–Crippen MR) is 100 cm³/mol. The van der Waals surface area contributed by atoms with Crippen molar-refractivity contribution in [2.24, 2.45) is 23.5 Å². The largest absolute Gasteiger partial charge is 0.370 e. The minimum atomic E-state index is -0.265. The number of rotatable bonds is 2. The number of halogens is 2. The lowest BCUT2D eigenvalue weighted by Crippen LogP contribution is -2.51. The number of benzene rings is 1. The van der Waals surface area contributed by atoms with Gasteiger partial charge in [0, 0.05) is 18.5 Å². The molecule has 1 aromatic rings. The molecule has 26 heavy (non-hydrogen) atoms. The van der Waals surface area contributed by atoms with E-state index < -0.39 is 0 Å². The molecule has 1 aromatic carbocycles. The molecule has 2 saturated carbocycles. The summed E-state index contributed by atoms with van der Waals surface area (Å²) < 4.78 is 19.3. The van der Waals surface area contributed by atoms with Crippen LogP contribution in [0.4, 0.5) is 4.39 Å². The molecule has 3 atom stereocenters. The summed E-state index contributed by atoms with van der Waals surface area (Å²) in [4.78, 5) is 15.0. The van der Waals surface area contributed by atoms with Crippen molar-refractivity contribution in [3.8, 4) is 0 Å². The second-order valence-electron chi connectivity index (χ2n) is 7.90. The second kappa shape index (κ2) is 8.24. The highest BCUT2D eigenvalue weighted by Gasteiger charge is 2.42. The van der Waals surface area contributed by atoms with E-state index in [1.54, 1.807) is 6.07 Å². The van der Waals surface area contributed by atoms with Gasteiger partial charge < -0.3 is 15.4 Å². The number of nitrogens with two attached hydrogens (primary N) is 1. The maximum Gasteiger partial charge on any atom is 0.225 e. The van der Waals surface area contributed by atoms with Crippen molar-refractivity contribution < 1.29 is 13.9 Å². The number of fused-ring (bicyclic) bond motifs is 2. The van der Waals surface area contributed by atoms with E-state index in [1.165, 1.54) is 18.6 Å². The van der Waals surface area contributed by atoms with Gasteiger partial charge in [-0.3, -0.25) is 4.79 Å². The maximum atomic E-state index is 13.5. The molecule has 6 heteroatoms. The van der Waals surface area contributed by atoms with Crippen LogP contribution in [0.1, 0.15) is 43.8 Å². The molecule has 3 unspecified atom stereocenters. The minimum absolute atomic E-state index is 0. The third-order valence-corrected chi connectivity index (χ3v) is 6.36. The quantitative estimate of drug-likeness (QED) is 0.853. The van der Waals surface area contributed by atoms with Gasteiger partial charge in [0.25, 0.3) is 0 Å². The van der Waals surface area contributed by atoms with E-state index >= 15 is 0 Å². The van der Waals surface area contributed by atoms with Crippen LogP contribution in [0.3, 0.4) is 0 Å². The van der Waals surface area contributed by atoms with Crippen LogP contribution in [-0.4, -0.2) is 36.5 Å². The zero-order chi connectivity index (χ0) is 17.4. The van der Waals surface area contributed by atoms with Gasteiger partial charge in [-0.2, -0.15) is 0 Å². The van der Waals surface area contributed by atoms with Gasteiger partial charge in [-0.05, 0) is 55.2 Å². The fraction of sp³-hybridized carbons (Fsp3) is 0.650. The van der Waals surface area contributed by atoms with Crippen LogP contribution in [0.15, 0.2) is 24.3 Å². The highest BCUT2D eigenvalue weighted by Crippen LogP contribution is 2.42. The monoisotopic (exact) mass is 382 g/mol. The summed E-state index contributed by atoms with van der Waals surface area (Å²) in [5, 5.41) is 0. The molecule has 144 valence electrons. The number of morpholine rings is 1. The number of nitrogens with zero attached hydrogens (tertiary/aromatic N) is 1. The average Bonchev–Trinajstić information content (AvgIpc) is 2.61. The van der Waals surface area contributed by atoms with Crippen molar-refractivity contribution in [3.05, 3.63) is 35.6 Å². The third kappa shape index (κ3) is 3.90. The molecule has 1 amide bonds. The Labute approximate surface area is 160 Å². The summed E-state index contributed by atoms with van der Waals surface area (Å²) in [6.45, 7) is 1.65. The number of hydrogen-bond acceptors (Lipinski definition) is 3. The summed E-state index contributed by atoms with van der Waals surface area (Å²) in [5.74, 6) is 1.08. The molecular weight excluding hydrogens is 355 g/mol. The van der Waals surface area contributed by atoms with Crippen molar-refractivity contribution in [2.75, 3.05) is 19.7 Å². The normalized spacial score (nSPS) is 34.1. The Bertz CT molecular complexity index is 630. The van der Waals surface area contributed by atoms with E-state index in [9.17, 15) is 9.18 Å². The smallest absolute Gasteiger partial charge is 0.225 e. The first-order valence-corrected chi connectivity index (χ1v) is 9.53. The summed E-state index contributed by atoms with van der Waals surface area (Å²) in [6, 6.07) is 6.77. The second-order valence-corrected chi connectivity index (χ2v) is 7.90. The molecule has 2 bridgehead atoms. The van der Waals surface area contributed by atoms with E-state index in [0.717, 1.165) is 31.2 Å². The van der Waals surface area contributed by atoms with Gasteiger partial charge in [0.2, 0.25) is 5.91 Å². The number of carbonyl (C=O) groups excluding carboxylic acids is 1. The van der Waals surface area contributed by atoms with E-state index in [-0.39, 0.29) is 42.2 Å². The van der Waals surface area contributed by atoms with Gasteiger partial charge in [0.15, 0.2) is 0 Å². The number of hydrogen-bond donors (Lipinski definition) is 1. The van der Waals surface area contributed by atoms with E-state index in [2.05, 4.69) is 0 Å². The van der Waals surface area contributed by atoms with Crippen molar-refractivity contribution in [1.29, 1.82) is 0 Å². The Morgan fingerprint density at radius 3 is 2.65 bits per heavy atom. The Balaban J connectivity index is 0.00000196. The molecule has 0 radical (unpaired) electrons. The third-order valence-electron chi connectivity index (χ3n) is 6.36. The molecule has 2 N–H and O–H groups in total. The molecule has 2 aliphatic carbocycles. The average molecular weight is 383 g/mol. The maximum absolute atomic E-state index is 13.5. The van der Waals surface area contributed by atoms with Crippen molar-refractivity contribution in [1.82, 2.24) is 4.90 Å². The first-order chi connectivity index (χ1) is 12.1. The molecule has 0 aromatic heterocycles. The predicted octanol–water partition coefficient (Wildman–Crippen LogP) is 3.30. The van der Waals surface area contributed by atoms with Gasteiger partial charge in [0.1, 0.15) is 11.9 Å². The zero-order valence-corrected chi connectivity index (χ0v) is 15.8. The Hall–Kier alpha value is -1.17. The SMILES string of the molecule is Cl.NC1C2CCCC1CC(C(=O)N1CCOC(c3cccc(F)c3)C1)C2. The lowest BCUT2D eigenvalue weighted by atomic mass is 9.65. The summed E-state index contributed by atoms with van der Waals surface area (Å²) in [7, 11) is 0. The highest BCUT2D eigenvalue weighted by molar-refractivity contribution is 5.85. The van der Waals surface area contributed by atoms with E-state index in [1.807, 2.05) is 11.0 Å². The van der Waals surface area contributed by atoms with Crippen molar-refractivity contribution in [2.45, 2.75) is 44.2 Å². The number of amides is 1. The lowest BCUT2D eigenvalue weighted by molar-refractivity contribution is -0.146. The zero-order valence-electron chi connectivity index (χ0n) is 15.0. The molecule has 3 aliphatic rings. The van der Waals surface area contributed by atoms with Crippen molar-refractivity contribution in [3.63, 3.8) is 0 Å². The highest BCUT2D eigenvalue weighted by atomic mass is 35.5. The number of carbonyl (C=O) groups is 1. The van der Waals surface area contributed by atoms with Crippen molar-refractivity contribution >= 4 is 18.3 Å². The van der Waals surface area contributed by atoms with Gasteiger partial charge in [-0.15, -0.1) is 12.4 Å². The molecule has 1 saturated heterocycles.